The van der Waals surface area contributed by atoms with Crippen LogP contribution in [0.4, 0.5) is 5.69 Å². The highest BCUT2D eigenvalue weighted by Gasteiger charge is 2.21. The lowest BCUT2D eigenvalue weighted by Gasteiger charge is -2.36. The molecule has 2 nitrogen and oxygen atoms in total. The summed E-state index contributed by atoms with van der Waals surface area (Å²) in [4.78, 5) is 2.40. The maximum Gasteiger partial charge on any atom is 0.0595 e. The van der Waals surface area contributed by atoms with Crippen LogP contribution < -0.4 is 10.2 Å². The summed E-state index contributed by atoms with van der Waals surface area (Å²) in [6.45, 7) is 2.99. The van der Waals surface area contributed by atoms with E-state index < -0.39 is 0 Å². The van der Waals surface area contributed by atoms with Gasteiger partial charge in [0, 0.05) is 25.7 Å². The molecule has 2 aromatic carbocycles. The van der Waals surface area contributed by atoms with Gasteiger partial charge in [0.25, 0.3) is 0 Å². The van der Waals surface area contributed by atoms with Crippen molar-refractivity contribution in [2.75, 3.05) is 24.5 Å². The second-order valence-electron chi connectivity index (χ2n) is 5.36. The van der Waals surface area contributed by atoms with Crippen LogP contribution in [0.2, 0.25) is 5.02 Å². The van der Waals surface area contributed by atoms with E-state index in [9.17, 15) is 0 Å². The van der Waals surface area contributed by atoms with Gasteiger partial charge in [-0.3, -0.25) is 0 Å². The average molecular weight is 366 g/mol. The molecule has 0 aliphatic carbocycles. The summed E-state index contributed by atoms with van der Waals surface area (Å²) in [6.07, 6.45) is 1.05. The Morgan fingerprint density at radius 2 is 1.95 bits per heavy atom. The predicted molar refractivity (Wildman–Crippen MR) is 93.3 cm³/mol. The molecule has 0 spiro atoms. The molecule has 2 aromatic rings. The molecule has 4 heteroatoms. The molecule has 0 bridgehead atoms. The summed E-state index contributed by atoms with van der Waals surface area (Å²) in [5.74, 6) is 0. The van der Waals surface area contributed by atoms with Crippen molar-refractivity contribution < 1.29 is 0 Å². The molecule has 1 aliphatic heterocycles. The molecule has 0 amide bonds. The van der Waals surface area contributed by atoms with E-state index >= 15 is 0 Å². The molecule has 1 atom stereocenters. The maximum absolute atomic E-state index is 6.21. The lowest BCUT2D eigenvalue weighted by Crippen LogP contribution is -2.51. The number of halogens is 2. The third-order valence-corrected chi connectivity index (χ3v) is 5.23. The number of piperazine rings is 1. The quantitative estimate of drug-likeness (QED) is 0.880. The van der Waals surface area contributed by atoms with E-state index in [-0.39, 0.29) is 0 Å². The molecule has 1 N–H and O–H groups in total. The average Bonchev–Trinajstić information content (AvgIpc) is 2.51. The maximum atomic E-state index is 6.21. The smallest absolute Gasteiger partial charge is 0.0595 e. The fourth-order valence-corrected chi connectivity index (χ4v) is 3.50. The third-order valence-electron chi connectivity index (χ3n) is 3.85. The van der Waals surface area contributed by atoms with Gasteiger partial charge in [0.15, 0.2) is 0 Å². The number of rotatable bonds is 3. The summed E-state index contributed by atoms with van der Waals surface area (Å²) in [6, 6.07) is 17.2. The first-order valence-electron chi connectivity index (χ1n) is 7.20. The Kier molecular flexibility index (Phi) is 4.84. The van der Waals surface area contributed by atoms with Gasteiger partial charge in [0.05, 0.1) is 15.2 Å². The van der Waals surface area contributed by atoms with Crippen LogP contribution in [-0.4, -0.2) is 25.7 Å². The lowest BCUT2D eigenvalue weighted by molar-refractivity contribution is 0.454. The minimum absolute atomic E-state index is 0.465. The summed E-state index contributed by atoms with van der Waals surface area (Å²) in [5.41, 5.74) is 2.56. The van der Waals surface area contributed by atoms with E-state index in [1.807, 2.05) is 12.1 Å². The van der Waals surface area contributed by atoms with Gasteiger partial charge in [0.1, 0.15) is 0 Å². The molecule has 1 fully saturated rings. The number of nitrogens with one attached hydrogen (secondary N) is 1. The summed E-state index contributed by atoms with van der Waals surface area (Å²) in [5, 5.41) is 4.38. The minimum Gasteiger partial charge on any atom is -0.368 e. The van der Waals surface area contributed by atoms with Crippen molar-refractivity contribution in [1.29, 1.82) is 0 Å². The molecule has 0 saturated carbocycles. The Balaban J connectivity index is 1.72. The van der Waals surface area contributed by atoms with Crippen molar-refractivity contribution >= 4 is 33.2 Å². The van der Waals surface area contributed by atoms with Crippen LogP contribution in [0.3, 0.4) is 0 Å². The molecular formula is C17H18BrClN2. The molecule has 1 heterocycles. The SMILES string of the molecule is Clc1cccc(N2CCNC(Cc3ccccc3)C2)c1Br. The largest absolute Gasteiger partial charge is 0.368 e. The fraction of sp³-hybridized carbons (Fsp3) is 0.294. The molecule has 1 saturated heterocycles. The van der Waals surface area contributed by atoms with Crippen molar-refractivity contribution in [3.8, 4) is 0 Å². The van der Waals surface area contributed by atoms with Crippen molar-refractivity contribution in [3.63, 3.8) is 0 Å². The van der Waals surface area contributed by atoms with E-state index in [2.05, 4.69) is 62.5 Å². The van der Waals surface area contributed by atoms with Crippen LogP contribution in [0.1, 0.15) is 5.56 Å². The van der Waals surface area contributed by atoms with Crippen molar-refractivity contribution in [2.24, 2.45) is 0 Å². The Labute approximate surface area is 139 Å². The molecule has 0 aromatic heterocycles. The molecule has 1 aliphatic rings. The fourth-order valence-electron chi connectivity index (χ4n) is 2.82. The Morgan fingerprint density at radius 3 is 2.76 bits per heavy atom. The molecule has 110 valence electrons. The highest BCUT2D eigenvalue weighted by Crippen LogP contribution is 2.33. The van der Waals surface area contributed by atoms with Gasteiger partial charge in [-0.05, 0) is 40.0 Å². The Morgan fingerprint density at radius 1 is 1.14 bits per heavy atom. The monoisotopic (exact) mass is 364 g/mol. The van der Waals surface area contributed by atoms with E-state index in [4.69, 9.17) is 11.6 Å². The first kappa shape index (κ1) is 14.9. The van der Waals surface area contributed by atoms with Gasteiger partial charge in [-0.15, -0.1) is 0 Å². The van der Waals surface area contributed by atoms with Crippen LogP contribution in [0.25, 0.3) is 0 Å². The standard InChI is InChI=1S/C17H18BrClN2/c18-17-15(19)7-4-8-16(17)21-10-9-20-14(12-21)11-13-5-2-1-3-6-13/h1-8,14,20H,9-12H2. The molecule has 21 heavy (non-hydrogen) atoms. The molecular weight excluding hydrogens is 348 g/mol. The van der Waals surface area contributed by atoms with Crippen LogP contribution in [0, 0.1) is 0 Å². The van der Waals surface area contributed by atoms with E-state index in [0.717, 1.165) is 35.6 Å². The number of nitrogens with zero attached hydrogens (tertiary/aromatic N) is 1. The van der Waals surface area contributed by atoms with Crippen LogP contribution in [0.15, 0.2) is 53.0 Å². The highest BCUT2D eigenvalue weighted by atomic mass is 79.9. The van der Waals surface area contributed by atoms with Crippen LogP contribution in [0.5, 0.6) is 0 Å². The number of hydrogen-bond donors (Lipinski definition) is 1. The predicted octanol–water partition coefficient (Wildman–Crippen LogP) is 4.12. The summed E-state index contributed by atoms with van der Waals surface area (Å²) in [7, 11) is 0. The van der Waals surface area contributed by atoms with E-state index in [1.165, 1.54) is 11.3 Å². The Hall–Kier alpha value is -1.03. The summed E-state index contributed by atoms with van der Waals surface area (Å²) < 4.78 is 0.993. The second-order valence-corrected chi connectivity index (χ2v) is 6.56. The van der Waals surface area contributed by atoms with E-state index in [0.29, 0.717) is 6.04 Å². The number of anilines is 1. The zero-order valence-electron chi connectivity index (χ0n) is 11.7. The summed E-state index contributed by atoms with van der Waals surface area (Å²) >= 11 is 9.82. The molecule has 3 rings (SSSR count). The highest BCUT2D eigenvalue weighted by molar-refractivity contribution is 9.10. The van der Waals surface area contributed by atoms with Crippen LogP contribution in [-0.2, 0) is 6.42 Å². The van der Waals surface area contributed by atoms with Gasteiger partial charge < -0.3 is 10.2 Å². The van der Waals surface area contributed by atoms with Gasteiger partial charge >= 0.3 is 0 Å². The van der Waals surface area contributed by atoms with Crippen molar-refractivity contribution in [3.05, 3.63) is 63.6 Å². The number of hydrogen-bond acceptors (Lipinski definition) is 2. The van der Waals surface area contributed by atoms with Crippen molar-refractivity contribution in [2.45, 2.75) is 12.5 Å². The normalized spacial score (nSPS) is 18.8. The Bertz CT molecular complexity index is 603. The number of benzene rings is 2. The van der Waals surface area contributed by atoms with Crippen LogP contribution >= 0.6 is 27.5 Å². The first-order chi connectivity index (χ1) is 10.2. The van der Waals surface area contributed by atoms with Crippen molar-refractivity contribution in [1.82, 2.24) is 5.32 Å². The zero-order chi connectivity index (χ0) is 14.7. The van der Waals surface area contributed by atoms with Gasteiger partial charge in [-0.25, -0.2) is 0 Å². The third kappa shape index (κ3) is 3.60. The van der Waals surface area contributed by atoms with Gasteiger partial charge in [0.2, 0.25) is 0 Å². The van der Waals surface area contributed by atoms with Gasteiger partial charge in [-0.1, -0.05) is 48.0 Å². The lowest BCUT2D eigenvalue weighted by atomic mass is 10.0. The van der Waals surface area contributed by atoms with Gasteiger partial charge in [-0.2, -0.15) is 0 Å². The van der Waals surface area contributed by atoms with E-state index in [1.54, 1.807) is 0 Å². The minimum atomic E-state index is 0.465. The first-order valence-corrected chi connectivity index (χ1v) is 8.37. The second kappa shape index (κ2) is 6.82. The molecule has 1 unspecified atom stereocenters. The zero-order valence-corrected chi connectivity index (χ0v) is 14.1. The molecule has 0 radical (unpaired) electrons. The topological polar surface area (TPSA) is 15.3 Å².